The molecule has 2 aromatic heterocycles. The minimum atomic E-state index is -4.76. The van der Waals surface area contributed by atoms with E-state index in [0.717, 1.165) is 6.07 Å². The van der Waals surface area contributed by atoms with E-state index >= 15 is 0 Å². The summed E-state index contributed by atoms with van der Waals surface area (Å²) >= 11 is 0.629. The van der Waals surface area contributed by atoms with Crippen LogP contribution in [0.25, 0.3) is 10.6 Å². The number of hydrogen-bond acceptors (Lipinski definition) is 9. The van der Waals surface area contributed by atoms with Crippen molar-refractivity contribution in [2.24, 2.45) is 0 Å². The van der Waals surface area contributed by atoms with Crippen molar-refractivity contribution in [3.8, 4) is 10.6 Å². The highest BCUT2D eigenvalue weighted by Crippen LogP contribution is 2.53. The van der Waals surface area contributed by atoms with Crippen LogP contribution in [-0.4, -0.2) is 74.1 Å². The fourth-order valence-corrected chi connectivity index (χ4v) is 7.30. The predicted molar refractivity (Wildman–Crippen MR) is 137 cm³/mol. The van der Waals surface area contributed by atoms with Crippen LogP contribution in [0.3, 0.4) is 0 Å². The molecular weight excluding hydrogens is 591 g/mol. The normalized spacial score (nSPS) is 21.0. The summed E-state index contributed by atoms with van der Waals surface area (Å²) in [5.41, 5.74) is -0.723. The Balaban J connectivity index is 1.29. The molecule has 41 heavy (non-hydrogen) atoms. The van der Waals surface area contributed by atoms with Crippen molar-refractivity contribution in [1.82, 2.24) is 14.8 Å². The van der Waals surface area contributed by atoms with Gasteiger partial charge in [0.15, 0.2) is 0 Å². The number of amides is 1. The van der Waals surface area contributed by atoms with E-state index in [1.54, 1.807) is 24.3 Å². The van der Waals surface area contributed by atoms with Gasteiger partial charge in [-0.1, -0.05) is 29.4 Å². The maximum Gasteiger partial charge on any atom is 0.452 e. The number of benzene rings is 1. The van der Waals surface area contributed by atoms with Crippen molar-refractivity contribution in [3.63, 3.8) is 0 Å². The van der Waals surface area contributed by atoms with Gasteiger partial charge in [0.1, 0.15) is 15.4 Å². The van der Waals surface area contributed by atoms with Gasteiger partial charge < -0.3 is 24.0 Å². The lowest BCUT2D eigenvalue weighted by Gasteiger charge is -2.26. The van der Waals surface area contributed by atoms with Gasteiger partial charge >= 0.3 is 18.2 Å². The molecule has 1 aliphatic carbocycles. The molecule has 5 rings (SSSR count). The predicted octanol–water partition coefficient (Wildman–Crippen LogP) is 3.72. The Bertz CT molecular complexity index is 1550. The van der Waals surface area contributed by atoms with Gasteiger partial charge in [-0.05, 0) is 29.7 Å². The van der Waals surface area contributed by atoms with E-state index in [1.165, 1.54) is 11.0 Å². The molecule has 3 aromatic rings. The third kappa shape index (κ3) is 6.10. The maximum atomic E-state index is 13.2. The van der Waals surface area contributed by atoms with Crippen LogP contribution in [0, 0.1) is 0 Å². The Labute approximate surface area is 235 Å². The second-order valence-corrected chi connectivity index (χ2v) is 12.5. The number of carboxylic acids is 1. The first-order valence-electron chi connectivity index (χ1n) is 12.4. The number of carbonyl (C=O) groups excluding carboxylic acids is 1. The van der Waals surface area contributed by atoms with E-state index in [2.05, 4.69) is 14.4 Å². The number of aromatic nitrogens is 1. The topological polar surface area (TPSA) is 148 Å². The number of aliphatic carboxylic acids is 1. The van der Waals surface area contributed by atoms with Crippen LogP contribution in [0.4, 0.5) is 18.0 Å². The van der Waals surface area contributed by atoms with Crippen molar-refractivity contribution in [1.29, 1.82) is 0 Å². The Kier molecular flexibility index (Phi) is 7.84. The van der Waals surface area contributed by atoms with Crippen molar-refractivity contribution in [2.45, 2.75) is 34.7 Å². The number of ether oxygens (including phenoxy) is 2. The average molecular weight is 616 g/mol. The number of sulfonamides is 1. The van der Waals surface area contributed by atoms with E-state index in [9.17, 15) is 36.3 Å². The molecular formula is C25H24F3N3O8S2. The SMILES string of the molecule is O=C(OCCc1ccccc1[C@H]1C[C@@]1(NS(=O)(=O)c1ccc(-c2cc(C(F)(F)F)on2)s1)C(=O)O)N1CCOCC1. The van der Waals surface area contributed by atoms with Gasteiger partial charge in [0.25, 0.3) is 10.0 Å². The molecule has 3 heterocycles. The molecule has 2 atom stereocenters. The molecule has 2 N–H and O–H groups in total. The molecule has 0 unspecified atom stereocenters. The van der Waals surface area contributed by atoms with Crippen LogP contribution in [0.1, 0.15) is 29.2 Å². The quantitative estimate of drug-likeness (QED) is 0.367. The van der Waals surface area contributed by atoms with Crippen molar-refractivity contribution < 1.29 is 50.3 Å². The number of rotatable bonds is 9. The highest BCUT2D eigenvalue weighted by molar-refractivity contribution is 7.91. The first-order chi connectivity index (χ1) is 19.4. The second kappa shape index (κ2) is 11.1. The summed E-state index contributed by atoms with van der Waals surface area (Å²) in [5, 5.41) is 13.4. The Hall–Kier alpha value is -3.47. The number of thiophene rings is 1. The summed E-state index contributed by atoms with van der Waals surface area (Å²) < 4.78 is 81.8. The monoisotopic (exact) mass is 615 g/mol. The van der Waals surface area contributed by atoms with Crippen molar-refractivity contribution in [2.75, 3.05) is 32.9 Å². The van der Waals surface area contributed by atoms with Crippen LogP contribution in [0.5, 0.6) is 0 Å². The van der Waals surface area contributed by atoms with E-state index in [4.69, 9.17) is 9.47 Å². The molecule has 1 aromatic carbocycles. The van der Waals surface area contributed by atoms with Gasteiger partial charge in [-0.25, -0.2) is 13.2 Å². The molecule has 1 amide bonds. The van der Waals surface area contributed by atoms with Crippen LogP contribution >= 0.6 is 11.3 Å². The number of carboxylic acid groups (broad SMARTS) is 1. The zero-order valence-corrected chi connectivity index (χ0v) is 22.9. The standard InChI is InChI=1S/C25H24F3N3O8S2/c26-25(27,28)20-13-18(29-39-20)19-5-6-21(40-19)41(35,36)30-24(22(32)33)14-17(24)16-4-2-1-3-15(16)7-10-38-23(34)31-8-11-37-12-9-31/h1-6,13,17,30H,7-12,14H2,(H,32,33)/t17-,24+/m1/s1. The number of alkyl halides is 3. The molecule has 1 saturated carbocycles. The van der Waals surface area contributed by atoms with Gasteiger partial charge in [-0.3, -0.25) is 4.79 Å². The largest absolute Gasteiger partial charge is 0.480 e. The van der Waals surface area contributed by atoms with E-state index in [-0.39, 0.29) is 34.2 Å². The Morgan fingerprint density at radius 2 is 1.93 bits per heavy atom. The Morgan fingerprint density at radius 3 is 2.61 bits per heavy atom. The molecule has 0 radical (unpaired) electrons. The molecule has 0 spiro atoms. The number of nitrogens with zero attached hydrogens (tertiary/aromatic N) is 2. The summed E-state index contributed by atoms with van der Waals surface area (Å²) in [4.78, 5) is 26.3. The zero-order valence-electron chi connectivity index (χ0n) is 21.2. The molecule has 1 saturated heterocycles. The fourth-order valence-electron chi connectivity index (χ4n) is 4.64. The summed E-state index contributed by atoms with van der Waals surface area (Å²) in [6, 6.07) is 10.00. The fraction of sp³-hybridized carbons (Fsp3) is 0.400. The summed E-state index contributed by atoms with van der Waals surface area (Å²) in [6.45, 7) is 1.76. The van der Waals surface area contributed by atoms with Crippen molar-refractivity contribution in [3.05, 3.63) is 59.4 Å². The highest BCUT2D eigenvalue weighted by Gasteiger charge is 2.63. The molecule has 2 fully saturated rings. The highest BCUT2D eigenvalue weighted by atomic mass is 32.2. The van der Waals surface area contributed by atoms with Crippen LogP contribution in [-0.2, 0) is 36.9 Å². The molecule has 0 bridgehead atoms. The van der Waals surface area contributed by atoms with E-state index in [0.29, 0.717) is 54.8 Å². The number of nitrogens with one attached hydrogen (secondary N) is 1. The lowest BCUT2D eigenvalue weighted by atomic mass is 9.98. The summed E-state index contributed by atoms with van der Waals surface area (Å²) in [6.07, 6.45) is -4.96. The third-order valence-electron chi connectivity index (χ3n) is 6.84. The van der Waals surface area contributed by atoms with Crippen LogP contribution < -0.4 is 4.72 Å². The Morgan fingerprint density at radius 1 is 1.20 bits per heavy atom. The van der Waals surface area contributed by atoms with E-state index < -0.39 is 45.5 Å². The van der Waals surface area contributed by atoms with Crippen molar-refractivity contribution >= 4 is 33.4 Å². The molecule has 11 nitrogen and oxygen atoms in total. The molecule has 2 aliphatic rings. The first-order valence-corrected chi connectivity index (χ1v) is 14.7. The van der Waals surface area contributed by atoms with Gasteiger partial charge in [0.05, 0.1) is 24.7 Å². The van der Waals surface area contributed by atoms with Gasteiger partial charge in [-0.15, -0.1) is 11.3 Å². The lowest BCUT2D eigenvalue weighted by Crippen LogP contribution is -2.44. The third-order valence-corrected chi connectivity index (χ3v) is 9.95. The molecule has 16 heteroatoms. The molecule has 1 aliphatic heterocycles. The number of hydrogen-bond donors (Lipinski definition) is 2. The van der Waals surface area contributed by atoms with Gasteiger partial charge in [-0.2, -0.15) is 17.9 Å². The minimum Gasteiger partial charge on any atom is -0.480 e. The van der Waals surface area contributed by atoms with Crippen LogP contribution in [0.2, 0.25) is 0 Å². The van der Waals surface area contributed by atoms with Gasteiger partial charge in [0, 0.05) is 31.5 Å². The van der Waals surface area contributed by atoms with E-state index in [1.807, 2.05) is 0 Å². The average Bonchev–Trinajstić information content (AvgIpc) is 3.28. The second-order valence-electron chi connectivity index (χ2n) is 9.49. The first kappa shape index (κ1) is 29.0. The summed E-state index contributed by atoms with van der Waals surface area (Å²) in [5.74, 6) is -3.41. The zero-order chi connectivity index (χ0) is 29.4. The lowest BCUT2D eigenvalue weighted by molar-refractivity contribution is -0.155. The number of halogens is 3. The van der Waals surface area contributed by atoms with Crippen LogP contribution in [0.15, 0.2) is 51.2 Å². The maximum absolute atomic E-state index is 13.2. The smallest absolute Gasteiger partial charge is 0.452 e. The molecule has 220 valence electrons. The number of carbonyl (C=O) groups is 2. The summed E-state index contributed by atoms with van der Waals surface area (Å²) in [7, 11) is -4.38. The van der Waals surface area contributed by atoms with Gasteiger partial charge in [0.2, 0.25) is 5.76 Å². The number of morpholine rings is 1. The minimum absolute atomic E-state index is 0.0252.